The maximum absolute atomic E-state index is 12.5. The molecule has 0 aromatic heterocycles. The lowest BCUT2D eigenvalue weighted by Gasteiger charge is -2.03. The van der Waals surface area contributed by atoms with Gasteiger partial charge >= 0.3 is 0 Å². The van der Waals surface area contributed by atoms with Crippen LogP contribution in [0.2, 0.25) is 0 Å². The molecule has 0 atom stereocenters. The van der Waals surface area contributed by atoms with E-state index < -0.39 is 17.6 Å². The van der Waals surface area contributed by atoms with Crippen molar-refractivity contribution in [3.05, 3.63) is 30.1 Å². The number of carbonyl (C=O) groups is 1. The van der Waals surface area contributed by atoms with Crippen LogP contribution in [0, 0.1) is 5.82 Å². The lowest BCUT2D eigenvalue weighted by atomic mass is 10.3. The van der Waals surface area contributed by atoms with E-state index in [2.05, 4.69) is 10.5 Å². The summed E-state index contributed by atoms with van der Waals surface area (Å²) in [6, 6.07) is 5.14. The number of amides is 1. The van der Waals surface area contributed by atoms with Crippen LogP contribution < -0.4 is 11.1 Å². The highest BCUT2D eigenvalue weighted by molar-refractivity contribution is 6.41. The molecule has 5 nitrogen and oxygen atoms in total. The number of nitrogens with two attached hydrogens (primary N) is 1. The van der Waals surface area contributed by atoms with E-state index >= 15 is 0 Å². The third kappa shape index (κ3) is 2.44. The largest absolute Gasteiger partial charge is 0.409 e. The Morgan fingerprint density at radius 2 is 2.00 bits per heavy atom. The molecule has 0 fully saturated rings. The van der Waals surface area contributed by atoms with Crippen molar-refractivity contribution in [2.24, 2.45) is 10.9 Å². The zero-order valence-corrected chi connectivity index (χ0v) is 7.07. The summed E-state index contributed by atoms with van der Waals surface area (Å²) >= 11 is 0. The van der Waals surface area contributed by atoms with Crippen LogP contribution in [0.25, 0.3) is 0 Å². The summed E-state index contributed by atoms with van der Waals surface area (Å²) in [5.41, 5.74) is 5.26. The van der Waals surface area contributed by atoms with Gasteiger partial charge in [-0.25, -0.2) is 4.39 Å². The van der Waals surface area contributed by atoms with Gasteiger partial charge in [0.25, 0.3) is 5.91 Å². The summed E-state index contributed by atoms with van der Waals surface area (Å²) in [7, 11) is 0. The van der Waals surface area contributed by atoms with Crippen LogP contribution in [0.5, 0.6) is 0 Å². The van der Waals surface area contributed by atoms with E-state index in [4.69, 9.17) is 10.9 Å². The van der Waals surface area contributed by atoms with E-state index in [0.29, 0.717) is 5.69 Å². The van der Waals surface area contributed by atoms with Gasteiger partial charge in [-0.05, 0) is 24.3 Å². The fourth-order valence-electron chi connectivity index (χ4n) is 0.806. The molecule has 1 amide bonds. The molecule has 1 rings (SSSR count). The van der Waals surface area contributed by atoms with Crippen molar-refractivity contribution in [1.29, 1.82) is 0 Å². The summed E-state index contributed by atoms with van der Waals surface area (Å²) < 4.78 is 12.5. The number of nitrogens with one attached hydrogen (secondary N) is 1. The van der Waals surface area contributed by atoms with E-state index in [1.807, 2.05) is 0 Å². The molecule has 0 aliphatic rings. The van der Waals surface area contributed by atoms with Gasteiger partial charge in [0, 0.05) is 5.69 Å². The van der Waals surface area contributed by atoms with Crippen LogP contribution in [0.3, 0.4) is 0 Å². The number of primary amides is 1. The van der Waals surface area contributed by atoms with Gasteiger partial charge in [-0.1, -0.05) is 5.16 Å². The lowest BCUT2D eigenvalue weighted by molar-refractivity contribution is -0.112. The fraction of sp³-hybridized carbons (Fsp3) is 0. The number of anilines is 1. The van der Waals surface area contributed by atoms with Crippen LogP contribution in [-0.4, -0.2) is 17.0 Å². The maximum atomic E-state index is 12.5. The highest BCUT2D eigenvalue weighted by Gasteiger charge is 2.07. The smallest absolute Gasteiger partial charge is 0.287 e. The monoisotopic (exact) mass is 197 g/mol. The van der Waals surface area contributed by atoms with E-state index in [1.165, 1.54) is 24.3 Å². The van der Waals surface area contributed by atoms with Gasteiger partial charge in [0.1, 0.15) is 5.82 Å². The maximum Gasteiger partial charge on any atom is 0.287 e. The van der Waals surface area contributed by atoms with E-state index in [9.17, 15) is 9.18 Å². The molecular formula is C8H8FN3O2. The summed E-state index contributed by atoms with van der Waals surface area (Å²) in [6.07, 6.45) is 0. The first-order valence-electron chi connectivity index (χ1n) is 3.68. The van der Waals surface area contributed by atoms with Crippen molar-refractivity contribution in [2.45, 2.75) is 0 Å². The first kappa shape index (κ1) is 9.97. The van der Waals surface area contributed by atoms with Crippen molar-refractivity contribution < 1.29 is 14.4 Å². The quantitative estimate of drug-likeness (QED) is 0.265. The molecule has 0 heterocycles. The zero-order chi connectivity index (χ0) is 10.6. The van der Waals surface area contributed by atoms with Crippen molar-refractivity contribution in [3.8, 4) is 0 Å². The topological polar surface area (TPSA) is 87.7 Å². The Bertz CT molecular complexity index is 361. The molecule has 0 aliphatic carbocycles. The minimum Gasteiger partial charge on any atom is -0.409 e. The molecule has 0 radical (unpaired) electrons. The molecule has 0 aliphatic heterocycles. The molecular weight excluding hydrogens is 189 g/mol. The van der Waals surface area contributed by atoms with Crippen molar-refractivity contribution in [2.75, 3.05) is 5.32 Å². The van der Waals surface area contributed by atoms with Crippen molar-refractivity contribution >= 4 is 17.4 Å². The Labute approximate surface area is 79.0 Å². The lowest BCUT2D eigenvalue weighted by Crippen LogP contribution is -2.29. The molecule has 74 valence electrons. The minimum atomic E-state index is -0.906. The number of hydrogen-bond donors (Lipinski definition) is 3. The Kier molecular flexibility index (Phi) is 3.01. The fourth-order valence-corrected chi connectivity index (χ4v) is 0.806. The van der Waals surface area contributed by atoms with Crippen LogP contribution >= 0.6 is 0 Å². The number of benzene rings is 1. The second-order valence-corrected chi connectivity index (χ2v) is 2.44. The summed E-state index contributed by atoms with van der Waals surface area (Å²) in [4.78, 5) is 10.6. The van der Waals surface area contributed by atoms with E-state index in [-0.39, 0.29) is 0 Å². The summed E-state index contributed by atoms with van der Waals surface area (Å²) in [5.74, 6) is -1.72. The number of amidine groups is 1. The van der Waals surface area contributed by atoms with E-state index in [1.54, 1.807) is 0 Å². The van der Waals surface area contributed by atoms with Gasteiger partial charge in [0.15, 0.2) is 0 Å². The zero-order valence-electron chi connectivity index (χ0n) is 7.07. The van der Waals surface area contributed by atoms with Gasteiger partial charge < -0.3 is 16.3 Å². The number of carbonyl (C=O) groups excluding carboxylic acids is 1. The number of rotatable bonds is 1. The molecule has 6 heteroatoms. The molecule has 0 saturated heterocycles. The van der Waals surface area contributed by atoms with Crippen molar-refractivity contribution in [3.63, 3.8) is 0 Å². The predicted molar refractivity (Wildman–Crippen MR) is 48.4 cm³/mol. The average Bonchev–Trinajstić information content (AvgIpc) is 2.16. The summed E-state index contributed by atoms with van der Waals surface area (Å²) in [6.45, 7) is 0. The Morgan fingerprint density at radius 3 is 2.43 bits per heavy atom. The SMILES string of the molecule is NC(=O)C(=NO)Nc1ccc(F)cc1. The van der Waals surface area contributed by atoms with Crippen LogP contribution in [-0.2, 0) is 4.79 Å². The molecule has 0 spiro atoms. The Balaban J connectivity index is 2.78. The molecule has 0 unspecified atom stereocenters. The van der Waals surface area contributed by atoms with Crippen LogP contribution in [0.1, 0.15) is 0 Å². The van der Waals surface area contributed by atoms with Crippen LogP contribution in [0.4, 0.5) is 10.1 Å². The molecule has 14 heavy (non-hydrogen) atoms. The third-order valence-corrected chi connectivity index (χ3v) is 1.44. The summed E-state index contributed by atoms with van der Waals surface area (Å²) in [5, 5.41) is 13.4. The van der Waals surface area contributed by atoms with Crippen molar-refractivity contribution in [1.82, 2.24) is 0 Å². The van der Waals surface area contributed by atoms with Gasteiger partial charge in [-0.3, -0.25) is 4.79 Å². The number of hydrogen-bond acceptors (Lipinski definition) is 3. The van der Waals surface area contributed by atoms with Gasteiger partial charge in [0.2, 0.25) is 5.84 Å². The third-order valence-electron chi connectivity index (χ3n) is 1.44. The number of oxime groups is 1. The first-order chi connectivity index (χ1) is 6.63. The number of nitrogens with zero attached hydrogens (tertiary/aromatic N) is 1. The first-order valence-corrected chi connectivity index (χ1v) is 3.68. The van der Waals surface area contributed by atoms with Gasteiger partial charge in [-0.2, -0.15) is 0 Å². The molecule has 1 aromatic rings. The highest BCUT2D eigenvalue weighted by atomic mass is 19.1. The molecule has 4 N–H and O–H groups in total. The molecule has 1 aromatic carbocycles. The second kappa shape index (κ2) is 4.22. The predicted octanol–water partition coefficient (Wildman–Crippen LogP) is 0.511. The Morgan fingerprint density at radius 1 is 1.43 bits per heavy atom. The normalized spacial score (nSPS) is 11.1. The molecule has 0 saturated carbocycles. The second-order valence-electron chi connectivity index (χ2n) is 2.44. The van der Waals surface area contributed by atoms with Gasteiger partial charge in [0.05, 0.1) is 0 Å². The Hall–Kier alpha value is -2.11. The average molecular weight is 197 g/mol. The minimum absolute atomic E-state index is 0.401. The number of halogens is 1. The van der Waals surface area contributed by atoms with Crippen LogP contribution in [0.15, 0.2) is 29.4 Å². The van der Waals surface area contributed by atoms with Gasteiger partial charge in [-0.15, -0.1) is 0 Å². The highest BCUT2D eigenvalue weighted by Crippen LogP contribution is 2.07. The standard InChI is InChI=1S/C8H8FN3O2/c9-5-1-3-6(4-2-5)11-8(12-14)7(10)13/h1-4,14H,(H2,10,13)(H,11,12). The van der Waals surface area contributed by atoms with E-state index in [0.717, 1.165) is 0 Å². The molecule has 0 bridgehead atoms.